The minimum atomic E-state index is -3.90. The maximum Gasteiger partial charge on any atom is 0.235 e. The normalized spacial score (nSPS) is 16.2. The van der Waals surface area contributed by atoms with Crippen LogP contribution in [0.2, 0.25) is 10.0 Å². The Hall–Kier alpha value is -2.83. The van der Waals surface area contributed by atoms with E-state index in [0.29, 0.717) is 28.5 Å². The first-order valence-corrected chi connectivity index (χ1v) is 15.0. The lowest BCUT2D eigenvalue weighted by Crippen LogP contribution is -2.44. The van der Waals surface area contributed by atoms with E-state index in [2.05, 4.69) is 9.97 Å². The number of amides is 1. The summed E-state index contributed by atoms with van der Waals surface area (Å²) in [6.45, 7) is 1.81. The molecule has 5 rings (SSSR count). The van der Waals surface area contributed by atoms with Gasteiger partial charge in [0.05, 0.1) is 28.0 Å². The third-order valence-electron chi connectivity index (χ3n) is 6.19. The molecule has 1 amide bonds. The van der Waals surface area contributed by atoms with Gasteiger partial charge in [0.2, 0.25) is 5.91 Å². The highest BCUT2D eigenvalue weighted by Crippen LogP contribution is 2.35. The van der Waals surface area contributed by atoms with E-state index in [1.165, 1.54) is 28.8 Å². The van der Waals surface area contributed by atoms with Gasteiger partial charge in [0.1, 0.15) is 23.7 Å². The predicted octanol–water partition coefficient (Wildman–Crippen LogP) is 4.21. The van der Waals surface area contributed by atoms with Crippen molar-refractivity contribution in [2.75, 3.05) is 17.5 Å². The Bertz CT molecular complexity index is 1630. The van der Waals surface area contributed by atoms with Gasteiger partial charge in [-0.3, -0.25) is 9.69 Å². The van der Waals surface area contributed by atoms with E-state index >= 15 is 0 Å². The van der Waals surface area contributed by atoms with E-state index in [1.807, 2.05) is 35.9 Å². The largest absolute Gasteiger partial charge is 0.487 e. The zero-order chi connectivity index (χ0) is 27.0. The van der Waals surface area contributed by atoms with Gasteiger partial charge in [0, 0.05) is 45.7 Å². The Kier molecular flexibility index (Phi) is 7.56. The standard InChI is InChI=1S/C25H23Cl2N5O4S2/c1-15-9-19(31-8-7-29-12-31)16-3-2-4-21(24(16)30-15)36-10-17-18(26)5-6-22(23(17)27)38(34,35)14-32-13-37-11-20(32)25(28)33/h2-9,12,20H,10-11,13-14H2,1H3,(H2,28,33). The average Bonchev–Trinajstić information content (AvgIpc) is 3.55. The Morgan fingerprint density at radius 3 is 2.82 bits per heavy atom. The number of aryl methyl sites for hydroxylation is 1. The number of fused-ring (bicyclic) bond motifs is 1. The summed E-state index contributed by atoms with van der Waals surface area (Å²) in [5.41, 5.74) is 8.09. The van der Waals surface area contributed by atoms with Crippen LogP contribution in [0.15, 0.2) is 60.0 Å². The fourth-order valence-electron chi connectivity index (χ4n) is 4.31. The summed E-state index contributed by atoms with van der Waals surface area (Å²) < 4.78 is 34.6. The van der Waals surface area contributed by atoms with Crippen LogP contribution < -0.4 is 10.5 Å². The van der Waals surface area contributed by atoms with E-state index in [4.69, 9.17) is 33.7 Å². The monoisotopic (exact) mass is 591 g/mol. The van der Waals surface area contributed by atoms with Gasteiger partial charge in [-0.2, -0.15) is 0 Å². The third-order valence-corrected chi connectivity index (χ3v) is 9.83. The molecule has 0 aliphatic carbocycles. The summed E-state index contributed by atoms with van der Waals surface area (Å²) in [5, 5.41) is 1.10. The molecule has 1 saturated heterocycles. The molecular weight excluding hydrogens is 569 g/mol. The number of carbonyl (C=O) groups is 1. The number of rotatable bonds is 8. The number of nitrogens with two attached hydrogens (primary N) is 1. The summed E-state index contributed by atoms with van der Waals surface area (Å²) in [5.74, 6) is 0.365. The van der Waals surface area contributed by atoms with Crippen molar-refractivity contribution in [3.8, 4) is 11.4 Å². The number of carbonyl (C=O) groups excluding carboxylic acids is 1. The molecule has 1 atom stereocenters. The van der Waals surface area contributed by atoms with Crippen molar-refractivity contribution < 1.29 is 17.9 Å². The Labute approximate surface area is 233 Å². The Morgan fingerprint density at radius 2 is 2.08 bits per heavy atom. The van der Waals surface area contributed by atoms with Crippen LogP contribution in [0.1, 0.15) is 11.3 Å². The number of ether oxygens (including phenoxy) is 1. The molecule has 1 aliphatic rings. The first kappa shape index (κ1) is 26.8. The summed E-state index contributed by atoms with van der Waals surface area (Å²) in [6.07, 6.45) is 5.25. The van der Waals surface area contributed by atoms with E-state index in [1.54, 1.807) is 18.6 Å². The summed E-state index contributed by atoms with van der Waals surface area (Å²) in [7, 11) is -3.90. The second-order valence-corrected chi connectivity index (χ2v) is 12.5. The SMILES string of the molecule is Cc1cc(-n2ccnc2)c2cccc(OCc3c(Cl)ccc(S(=O)(=O)CN4CSCC4C(N)=O)c3Cl)c2n1. The molecule has 1 unspecified atom stereocenters. The molecule has 198 valence electrons. The first-order chi connectivity index (χ1) is 18.2. The van der Waals surface area contributed by atoms with Gasteiger partial charge >= 0.3 is 0 Å². The molecule has 38 heavy (non-hydrogen) atoms. The first-order valence-electron chi connectivity index (χ1n) is 11.5. The lowest BCUT2D eigenvalue weighted by Gasteiger charge is -2.21. The number of nitrogens with zero attached hydrogens (tertiary/aromatic N) is 4. The zero-order valence-electron chi connectivity index (χ0n) is 20.2. The van der Waals surface area contributed by atoms with Gasteiger partial charge in [-0.25, -0.2) is 18.4 Å². The van der Waals surface area contributed by atoms with Crippen LogP contribution in [0.4, 0.5) is 0 Å². The van der Waals surface area contributed by atoms with Crippen molar-refractivity contribution >= 4 is 61.6 Å². The molecule has 3 heterocycles. The molecule has 2 aromatic carbocycles. The van der Waals surface area contributed by atoms with Crippen LogP contribution in [0.5, 0.6) is 5.75 Å². The molecule has 9 nitrogen and oxygen atoms in total. The van der Waals surface area contributed by atoms with Gasteiger partial charge in [-0.1, -0.05) is 35.3 Å². The highest BCUT2D eigenvalue weighted by Gasteiger charge is 2.34. The van der Waals surface area contributed by atoms with Crippen molar-refractivity contribution in [2.45, 2.75) is 24.5 Å². The molecule has 0 saturated carbocycles. The third kappa shape index (κ3) is 5.21. The van der Waals surface area contributed by atoms with E-state index < -0.39 is 27.7 Å². The molecule has 4 aromatic rings. The van der Waals surface area contributed by atoms with Crippen molar-refractivity contribution in [3.05, 3.63) is 76.4 Å². The van der Waals surface area contributed by atoms with Crippen LogP contribution in [0.25, 0.3) is 16.6 Å². The molecule has 0 radical (unpaired) electrons. The number of primary amides is 1. The van der Waals surface area contributed by atoms with Gasteiger partial charge in [0.15, 0.2) is 9.84 Å². The van der Waals surface area contributed by atoms with Crippen LogP contribution in [0, 0.1) is 6.92 Å². The van der Waals surface area contributed by atoms with Crippen molar-refractivity contribution in [2.24, 2.45) is 5.73 Å². The molecular formula is C25H23Cl2N5O4S2. The van der Waals surface area contributed by atoms with Crippen molar-refractivity contribution in [3.63, 3.8) is 0 Å². The Morgan fingerprint density at radius 1 is 1.26 bits per heavy atom. The maximum atomic E-state index is 13.3. The molecule has 2 N–H and O–H groups in total. The van der Waals surface area contributed by atoms with Crippen LogP contribution in [0.3, 0.4) is 0 Å². The second kappa shape index (κ2) is 10.7. The zero-order valence-corrected chi connectivity index (χ0v) is 23.3. The number of para-hydroxylation sites is 1. The minimum Gasteiger partial charge on any atom is -0.487 e. The van der Waals surface area contributed by atoms with Gasteiger partial charge < -0.3 is 15.0 Å². The number of benzene rings is 2. The lowest BCUT2D eigenvalue weighted by atomic mass is 10.1. The molecule has 13 heteroatoms. The fraction of sp³-hybridized carbons (Fsp3) is 0.240. The summed E-state index contributed by atoms with van der Waals surface area (Å²) in [6, 6.07) is 9.72. The maximum absolute atomic E-state index is 13.3. The van der Waals surface area contributed by atoms with Gasteiger partial charge in [0.25, 0.3) is 0 Å². The fourth-order valence-corrected chi connectivity index (χ4v) is 7.99. The van der Waals surface area contributed by atoms with Crippen LogP contribution in [-0.2, 0) is 21.2 Å². The second-order valence-electron chi connectivity index (χ2n) is 8.78. The number of sulfone groups is 1. The molecule has 2 aromatic heterocycles. The lowest BCUT2D eigenvalue weighted by molar-refractivity contribution is -0.121. The minimum absolute atomic E-state index is 0.0246. The smallest absolute Gasteiger partial charge is 0.235 e. The number of thioether (sulfide) groups is 1. The van der Waals surface area contributed by atoms with Gasteiger partial charge in [-0.05, 0) is 31.2 Å². The highest BCUT2D eigenvalue weighted by atomic mass is 35.5. The average molecular weight is 593 g/mol. The van der Waals surface area contributed by atoms with E-state index in [0.717, 1.165) is 16.8 Å². The number of imidazole rings is 1. The van der Waals surface area contributed by atoms with Crippen molar-refractivity contribution in [1.29, 1.82) is 0 Å². The number of aromatic nitrogens is 3. The summed E-state index contributed by atoms with van der Waals surface area (Å²) >= 11 is 14.5. The topological polar surface area (TPSA) is 120 Å². The van der Waals surface area contributed by atoms with E-state index in [-0.39, 0.29) is 21.5 Å². The number of pyridine rings is 1. The van der Waals surface area contributed by atoms with E-state index in [9.17, 15) is 13.2 Å². The highest BCUT2D eigenvalue weighted by molar-refractivity contribution is 7.99. The molecule has 0 bridgehead atoms. The van der Waals surface area contributed by atoms with Crippen molar-refractivity contribution in [1.82, 2.24) is 19.4 Å². The predicted molar refractivity (Wildman–Crippen MR) is 149 cm³/mol. The molecule has 0 spiro atoms. The number of halogens is 2. The van der Waals surface area contributed by atoms with Gasteiger partial charge in [-0.15, -0.1) is 11.8 Å². The Balaban J connectivity index is 1.45. The van der Waals surface area contributed by atoms with Crippen LogP contribution in [-0.4, -0.2) is 57.3 Å². The molecule has 1 fully saturated rings. The number of hydrogen-bond donors (Lipinski definition) is 1. The van der Waals surface area contributed by atoms with Crippen LogP contribution >= 0.6 is 35.0 Å². The quantitative estimate of drug-likeness (QED) is 0.323. The number of hydrogen-bond acceptors (Lipinski definition) is 8. The summed E-state index contributed by atoms with van der Waals surface area (Å²) in [4.78, 5) is 22.0. The molecule has 1 aliphatic heterocycles.